The molecule has 0 atom stereocenters. The molecule has 130 valence electrons. The lowest BCUT2D eigenvalue weighted by atomic mass is 10.1. The number of aryl methyl sites for hydroxylation is 2. The highest BCUT2D eigenvalue weighted by Gasteiger charge is 2.18. The Kier molecular flexibility index (Phi) is 4.42. The van der Waals surface area contributed by atoms with Gasteiger partial charge in [0.05, 0.1) is 16.7 Å². The molecule has 1 aromatic carbocycles. The van der Waals surface area contributed by atoms with Gasteiger partial charge in [-0.25, -0.2) is 4.99 Å². The maximum absolute atomic E-state index is 11.3. The predicted octanol–water partition coefficient (Wildman–Crippen LogP) is 5.00. The highest BCUT2D eigenvalue weighted by atomic mass is 16.6. The molecule has 0 aliphatic heterocycles. The van der Waals surface area contributed by atoms with Crippen LogP contribution >= 0.6 is 0 Å². The van der Waals surface area contributed by atoms with E-state index in [1.807, 2.05) is 0 Å². The summed E-state index contributed by atoms with van der Waals surface area (Å²) in [5, 5.41) is 20.5. The summed E-state index contributed by atoms with van der Waals surface area (Å²) >= 11 is 0. The molecule has 7 heteroatoms. The first-order valence-electron chi connectivity index (χ1n) is 7.80. The summed E-state index contributed by atoms with van der Waals surface area (Å²) in [4.78, 5) is 15.0. The van der Waals surface area contributed by atoms with Gasteiger partial charge in [-0.05, 0) is 44.5 Å². The van der Waals surface area contributed by atoms with Crippen LogP contribution in [0, 0.1) is 42.2 Å². The minimum absolute atomic E-state index is 0.0214. The van der Waals surface area contributed by atoms with E-state index in [2.05, 4.69) is 11.1 Å². The third-order valence-corrected chi connectivity index (χ3v) is 4.03. The summed E-state index contributed by atoms with van der Waals surface area (Å²) in [6.07, 6.45) is 1.42. The molecule has 0 amide bonds. The molecule has 2 heterocycles. The SMILES string of the molecule is Cc1ccc(-c2ccc(C=Nc3oc(C)c(C)c3C#N)o2)c([N+](=O)[O-])c1. The van der Waals surface area contributed by atoms with Crippen LogP contribution in [0.2, 0.25) is 0 Å². The lowest BCUT2D eigenvalue weighted by Gasteiger charge is -2.00. The number of nitro benzene ring substituents is 1. The zero-order valence-electron chi connectivity index (χ0n) is 14.4. The quantitative estimate of drug-likeness (QED) is 0.374. The van der Waals surface area contributed by atoms with Crippen molar-refractivity contribution in [3.05, 3.63) is 68.7 Å². The Labute approximate surface area is 149 Å². The van der Waals surface area contributed by atoms with Crippen molar-refractivity contribution in [2.75, 3.05) is 0 Å². The van der Waals surface area contributed by atoms with Gasteiger partial charge in [-0.2, -0.15) is 5.26 Å². The molecular weight excluding hydrogens is 334 g/mol. The number of nitriles is 1. The van der Waals surface area contributed by atoms with Crippen molar-refractivity contribution in [2.24, 2.45) is 4.99 Å². The van der Waals surface area contributed by atoms with Crippen LogP contribution < -0.4 is 0 Å². The largest absolute Gasteiger partial charge is 0.455 e. The van der Waals surface area contributed by atoms with E-state index >= 15 is 0 Å². The van der Waals surface area contributed by atoms with Crippen molar-refractivity contribution in [2.45, 2.75) is 20.8 Å². The smallest absolute Gasteiger partial charge is 0.280 e. The third-order valence-electron chi connectivity index (χ3n) is 4.03. The number of hydrogen-bond acceptors (Lipinski definition) is 6. The van der Waals surface area contributed by atoms with E-state index in [0.717, 1.165) is 11.1 Å². The van der Waals surface area contributed by atoms with Crippen molar-refractivity contribution < 1.29 is 13.8 Å². The van der Waals surface area contributed by atoms with Crippen LogP contribution in [0.3, 0.4) is 0 Å². The Hall–Kier alpha value is -3.66. The highest BCUT2D eigenvalue weighted by molar-refractivity contribution is 5.81. The molecule has 0 saturated heterocycles. The molecule has 0 unspecified atom stereocenters. The number of benzene rings is 1. The van der Waals surface area contributed by atoms with Crippen LogP contribution in [0.25, 0.3) is 11.3 Å². The molecule has 0 spiro atoms. The predicted molar refractivity (Wildman–Crippen MR) is 95.7 cm³/mol. The molecule has 0 bridgehead atoms. The Bertz CT molecular complexity index is 1070. The first kappa shape index (κ1) is 17.2. The molecule has 0 radical (unpaired) electrons. The summed E-state index contributed by atoms with van der Waals surface area (Å²) in [5.74, 6) is 1.60. The zero-order valence-corrected chi connectivity index (χ0v) is 14.4. The fraction of sp³-hybridized carbons (Fsp3) is 0.158. The van der Waals surface area contributed by atoms with Gasteiger partial charge >= 0.3 is 0 Å². The Balaban J connectivity index is 1.94. The number of hydrogen-bond donors (Lipinski definition) is 0. The summed E-state index contributed by atoms with van der Waals surface area (Å²) in [7, 11) is 0. The van der Waals surface area contributed by atoms with Gasteiger partial charge in [-0.3, -0.25) is 10.1 Å². The lowest BCUT2D eigenvalue weighted by Crippen LogP contribution is -1.92. The maximum atomic E-state index is 11.3. The monoisotopic (exact) mass is 349 g/mol. The third kappa shape index (κ3) is 3.13. The van der Waals surface area contributed by atoms with Gasteiger partial charge in [0.15, 0.2) is 0 Å². The van der Waals surface area contributed by atoms with Crippen LogP contribution in [-0.2, 0) is 0 Å². The first-order chi connectivity index (χ1) is 12.4. The van der Waals surface area contributed by atoms with Gasteiger partial charge in [-0.1, -0.05) is 6.07 Å². The number of nitrogens with zero attached hydrogens (tertiary/aromatic N) is 3. The Morgan fingerprint density at radius 2 is 1.96 bits per heavy atom. The molecule has 3 rings (SSSR count). The van der Waals surface area contributed by atoms with Gasteiger partial charge in [0.1, 0.15) is 28.9 Å². The summed E-state index contributed by atoms with van der Waals surface area (Å²) in [6, 6.07) is 10.3. The van der Waals surface area contributed by atoms with E-state index in [-0.39, 0.29) is 11.6 Å². The molecule has 0 saturated carbocycles. The first-order valence-corrected chi connectivity index (χ1v) is 7.80. The second kappa shape index (κ2) is 6.69. The molecule has 0 N–H and O–H groups in total. The second-order valence-electron chi connectivity index (χ2n) is 5.81. The molecule has 0 aliphatic carbocycles. The van der Waals surface area contributed by atoms with Crippen LogP contribution in [-0.4, -0.2) is 11.1 Å². The van der Waals surface area contributed by atoms with Crippen LogP contribution in [0.4, 0.5) is 11.6 Å². The van der Waals surface area contributed by atoms with Crippen LogP contribution in [0.5, 0.6) is 0 Å². The number of nitro groups is 1. The van der Waals surface area contributed by atoms with Gasteiger partial charge in [0.25, 0.3) is 5.69 Å². The van der Waals surface area contributed by atoms with Gasteiger partial charge in [0, 0.05) is 11.6 Å². The molecule has 0 fully saturated rings. The standard InChI is InChI=1S/C19H15N3O4/c1-11-4-6-15(17(8-11)22(23)24)18-7-5-14(26-18)10-21-19-16(9-20)12(2)13(3)25-19/h4-8,10H,1-3H3. The minimum atomic E-state index is -0.438. The molecule has 0 aliphatic rings. The number of rotatable bonds is 4. The molecular formula is C19H15N3O4. The summed E-state index contributed by atoms with van der Waals surface area (Å²) in [5.41, 5.74) is 2.28. The lowest BCUT2D eigenvalue weighted by molar-refractivity contribution is -0.384. The van der Waals surface area contributed by atoms with Crippen molar-refractivity contribution >= 4 is 17.8 Å². The van der Waals surface area contributed by atoms with Crippen LogP contribution in [0.1, 0.15) is 28.2 Å². The van der Waals surface area contributed by atoms with E-state index in [0.29, 0.717) is 28.4 Å². The number of furan rings is 2. The van der Waals surface area contributed by atoms with E-state index in [9.17, 15) is 15.4 Å². The average Bonchev–Trinajstić information content (AvgIpc) is 3.18. The van der Waals surface area contributed by atoms with Gasteiger partial charge in [0.2, 0.25) is 5.88 Å². The molecule has 3 aromatic rings. The highest BCUT2D eigenvalue weighted by Crippen LogP contribution is 2.32. The number of aliphatic imine (C=N–C) groups is 1. The topological polar surface area (TPSA) is 106 Å². The molecule has 2 aromatic heterocycles. The molecule has 7 nitrogen and oxygen atoms in total. The van der Waals surface area contributed by atoms with Gasteiger partial charge < -0.3 is 8.83 Å². The van der Waals surface area contributed by atoms with Gasteiger partial charge in [-0.15, -0.1) is 0 Å². The second-order valence-corrected chi connectivity index (χ2v) is 5.81. The van der Waals surface area contributed by atoms with E-state index in [1.54, 1.807) is 45.0 Å². The molecule has 26 heavy (non-hydrogen) atoms. The fourth-order valence-corrected chi connectivity index (χ4v) is 2.52. The van der Waals surface area contributed by atoms with Crippen LogP contribution in [0.15, 0.2) is 44.2 Å². The maximum Gasteiger partial charge on any atom is 0.280 e. The summed E-state index contributed by atoms with van der Waals surface area (Å²) in [6.45, 7) is 5.34. The van der Waals surface area contributed by atoms with E-state index in [4.69, 9.17) is 8.83 Å². The van der Waals surface area contributed by atoms with Crippen molar-refractivity contribution in [3.63, 3.8) is 0 Å². The minimum Gasteiger partial charge on any atom is -0.455 e. The normalized spacial score (nSPS) is 11.0. The zero-order chi connectivity index (χ0) is 18.8. The van der Waals surface area contributed by atoms with E-state index in [1.165, 1.54) is 12.3 Å². The van der Waals surface area contributed by atoms with Crippen molar-refractivity contribution in [3.8, 4) is 17.4 Å². The van der Waals surface area contributed by atoms with Crippen molar-refractivity contribution in [1.82, 2.24) is 0 Å². The Morgan fingerprint density at radius 1 is 1.19 bits per heavy atom. The van der Waals surface area contributed by atoms with E-state index < -0.39 is 4.92 Å². The average molecular weight is 349 g/mol. The van der Waals surface area contributed by atoms with Crippen molar-refractivity contribution in [1.29, 1.82) is 5.26 Å². The summed E-state index contributed by atoms with van der Waals surface area (Å²) < 4.78 is 11.1. The fourth-order valence-electron chi connectivity index (χ4n) is 2.52. The Morgan fingerprint density at radius 3 is 2.65 bits per heavy atom.